The molecule has 0 aromatic carbocycles. The molecule has 4 rings (SSSR count). The van der Waals surface area contributed by atoms with Crippen LogP contribution in [-0.2, 0) is 29.9 Å². The fourth-order valence-corrected chi connectivity index (χ4v) is 7.50. The Kier molecular flexibility index (Phi) is 14.7. The lowest BCUT2D eigenvalue weighted by molar-refractivity contribution is 0.0822. The summed E-state index contributed by atoms with van der Waals surface area (Å²) in [6.07, 6.45) is 2.28. The first-order valence-electron chi connectivity index (χ1n) is 15.3. The van der Waals surface area contributed by atoms with Crippen LogP contribution in [0.4, 0.5) is 21.5 Å². The summed E-state index contributed by atoms with van der Waals surface area (Å²) in [5, 5.41) is 2.87. The Bertz CT molecular complexity index is 2370. The van der Waals surface area contributed by atoms with Gasteiger partial charge < -0.3 is 23.8 Å². The largest absolute Gasteiger partial charge is 0.481 e. The molecule has 0 fully saturated rings. The van der Waals surface area contributed by atoms with Crippen LogP contribution >= 0.6 is 0 Å². The summed E-state index contributed by atoms with van der Waals surface area (Å²) in [5.74, 6) is -1.18. The van der Waals surface area contributed by atoms with Crippen LogP contribution < -0.4 is 39.0 Å². The highest BCUT2D eigenvalue weighted by Crippen LogP contribution is 2.21. The number of pyridine rings is 2. The smallest absolute Gasteiger partial charge is 0.335 e. The predicted molar refractivity (Wildman–Crippen MR) is 193 cm³/mol. The molecule has 27 heteroatoms. The number of carbonyl (C=O) groups is 3. The minimum Gasteiger partial charge on any atom is -0.481 e. The van der Waals surface area contributed by atoms with E-state index in [9.17, 15) is 39.6 Å². The zero-order valence-corrected chi connectivity index (χ0v) is 32.9. The highest BCUT2D eigenvalue weighted by molar-refractivity contribution is 7.93. The van der Waals surface area contributed by atoms with Crippen molar-refractivity contribution in [2.75, 3.05) is 58.9 Å². The van der Waals surface area contributed by atoms with Crippen molar-refractivity contribution >= 4 is 59.7 Å². The van der Waals surface area contributed by atoms with Gasteiger partial charge in [0.25, 0.3) is 26.0 Å². The fourth-order valence-electron chi connectivity index (χ4n) is 3.91. The molecule has 0 spiro atoms. The van der Waals surface area contributed by atoms with Crippen molar-refractivity contribution in [3.8, 4) is 23.5 Å². The molecule has 0 bridgehead atoms. The zero-order valence-electron chi connectivity index (χ0n) is 30.5. The molecular formula is C29H35N11O13S3. The Labute approximate surface area is 320 Å². The van der Waals surface area contributed by atoms with Crippen LogP contribution in [0.5, 0.6) is 23.5 Å². The third kappa shape index (κ3) is 11.5. The lowest BCUT2D eigenvalue weighted by atomic mass is 10.2. The molecule has 4 aromatic heterocycles. The van der Waals surface area contributed by atoms with Gasteiger partial charge in [0.2, 0.25) is 35.4 Å². The molecule has 0 aliphatic rings. The first-order valence-corrected chi connectivity index (χ1v) is 19.9. The molecule has 302 valence electrons. The number of amides is 5. The second-order valence-corrected chi connectivity index (χ2v) is 15.9. The Morgan fingerprint density at radius 2 is 1.04 bits per heavy atom. The molecule has 0 saturated carbocycles. The normalized spacial score (nSPS) is 11.1. The van der Waals surface area contributed by atoms with Crippen molar-refractivity contribution in [3.05, 3.63) is 54.4 Å². The van der Waals surface area contributed by atoms with E-state index >= 15 is 0 Å². The maximum atomic E-state index is 12.5. The maximum Gasteiger partial charge on any atom is 0.335 e. The molecule has 0 radical (unpaired) electrons. The minimum atomic E-state index is -4.61. The number of carbonyl (C=O) groups excluding carboxylic acids is 3. The van der Waals surface area contributed by atoms with Gasteiger partial charge in [0.1, 0.15) is 4.90 Å². The zero-order chi connectivity index (χ0) is 41.8. The third-order valence-electron chi connectivity index (χ3n) is 6.47. The van der Waals surface area contributed by atoms with Crippen molar-refractivity contribution in [3.63, 3.8) is 0 Å². The molecule has 0 atom stereocenters. The van der Waals surface area contributed by atoms with Crippen molar-refractivity contribution in [1.82, 2.24) is 44.2 Å². The molecule has 56 heavy (non-hydrogen) atoms. The van der Waals surface area contributed by atoms with Gasteiger partial charge in [-0.25, -0.2) is 37.4 Å². The molecule has 5 amide bonds. The fraction of sp³-hybridized carbons (Fsp3) is 0.276. The average Bonchev–Trinajstić information content (AvgIpc) is 3.16. The van der Waals surface area contributed by atoms with Gasteiger partial charge in [-0.15, -0.1) is 0 Å². The third-order valence-corrected chi connectivity index (χ3v) is 10.9. The number of methoxy groups -OCH3 is 4. The summed E-state index contributed by atoms with van der Waals surface area (Å²) in [6.45, 7) is 1.35. The van der Waals surface area contributed by atoms with E-state index in [2.05, 4.69) is 40.5 Å². The van der Waals surface area contributed by atoms with Crippen LogP contribution in [0, 0.1) is 0 Å². The molecule has 0 saturated heterocycles. The molecule has 4 heterocycles. The molecule has 0 aliphatic heterocycles. The van der Waals surface area contributed by atoms with Crippen LogP contribution in [0.25, 0.3) is 0 Å². The average molecular weight is 842 g/mol. The Morgan fingerprint density at radius 1 is 0.643 bits per heavy atom. The molecule has 4 N–H and O–H groups in total. The van der Waals surface area contributed by atoms with Gasteiger partial charge in [0.15, 0.2) is 19.9 Å². The van der Waals surface area contributed by atoms with Crippen molar-refractivity contribution in [1.29, 1.82) is 0 Å². The van der Waals surface area contributed by atoms with Crippen LogP contribution in [-0.4, -0.2) is 126 Å². The van der Waals surface area contributed by atoms with Crippen LogP contribution in [0.15, 0.2) is 63.7 Å². The minimum absolute atomic E-state index is 0.0612. The Morgan fingerprint density at radius 3 is 1.43 bits per heavy atom. The van der Waals surface area contributed by atoms with Gasteiger partial charge in [-0.1, -0.05) is 6.92 Å². The van der Waals surface area contributed by atoms with E-state index in [0.29, 0.717) is 0 Å². The maximum absolute atomic E-state index is 12.5. The summed E-state index contributed by atoms with van der Waals surface area (Å²) in [4.78, 5) is 59.7. The number of anilines is 2. The first kappa shape index (κ1) is 43.9. The number of sulfonamides is 2. The molecular weight excluding hydrogens is 807 g/mol. The van der Waals surface area contributed by atoms with Crippen LogP contribution in [0.3, 0.4) is 0 Å². The number of ether oxygens (including phenoxy) is 4. The topological polar surface area (TPSA) is 319 Å². The number of rotatable bonds is 13. The summed E-state index contributed by atoms with van der Waals surface area (Å²) < 4.78 is 97.4. The summed E-state index contributed by atoms with van der Waals surface area (Å²) >= 11 is 0. The lowest BCUT2D eigenvalue weighted by Crippen LogP contribution is -2.36. The predicted octanol–water partition coefficient (Wildman–Crippen LogP) is 0.294. The van der Waals surface area contributed by atoms with Gasteiger partial charge in [-0.3, -0.25) is 15.4 Å². The van der Waals surface area contributed by atoms with Crippen molar-refractivity contribution in [2.24, 2.45) is 0 Å². The summed E-state index contributed by atoms with van der Waals surface area (Å²) in [6, 6.07) is 5.38. The van der Waals surface area contributed by atoms with Crippen molar-refractivity contribution in [2.45, 2.75) is 21.9 Å². The van der Waals surface area contributed by atoms with Gasteiger partial charge in [-0.05, 0) is 24.3 Å². The highest BCUT2D eigenvalue weighted by Gasteiger charge is 2.29. The Balaban J connectivity index is 0.000000300. The van der Waals surface area contributed by atoms with E-state index in [-0.39, 0.29) is 46.7 Å². The van der Waals surface area contributed by atoms with Gasteiger partial charge in [0, 0.05) is 26.5 Å². The molecule has 4 aromatic rings. The molecule has 0 unspecified atom stereocenters. The van der Waals surface area contributed by atoms with E-state index in [1.165, 1.54) is 90.9 Å². The highest BCUT2D eigenvalue weighted by atomic mass is 32.2. The second kappa shape index (κ2) is 18.7. The first-order chi connectivity index (χ1) is 26.3. The van der Waals surface area contributed by atoms with Crippen LogP contribution in [0.2, 0.25) is 0 Å². The number of hydrogen-bond donors (Lipinski definition) is 4. The summed E-state index contributed by atoms with van der Waals surface area (Å²) in [5.41, 5.74) is -0.188. The van der Waals surface area contributed by atoms with Gasteiger partial charge in [-0.2, -0.15) is 36.8 Å². The van der Waals surface area contributed by atoms with E-state index in [1.54, 1.807) is 9.44 Å². The number of sulfone groups is 1. The Hall–Kier alpha value is -6.48. The summed E-state index contributed by atoms with van der Waals surface area (Å²) in [7, 11) is -4.70. The number of nitrogens with zero attached hydrogens (tertiary/aromatic N) is 7. The van der Waals surface area contributed by atoms with E-state index in [4.69, 9.17) is 18.9 Å². The van der Waals surface area contributed by atoms with Crippen molar-refractivity contribution < 1.29 is 58.6 Å². The number of urea groups is 2. The number of hydrogen-bond acceptors (Lipinski definition) is 19. The van der Waals surface area contributed by atoms with Crippen LogP contribution in [0.1, 0.15) is 17.3 Å². The molecule has 0 aliphatic carbocycles. The van der Waals surface area contributed by atoms with Gasteiger partial charge >= 0.3 is 12.1 Å². The standard InChI is InChI=1S/C15H18N6O6S.C14H17N5O7S2/c1-21(2)13(22)9-6-5-7-16-12(9)28(24,25)20-15(23)19-14-17-10(26-3)8-11(18-14)27-4;1-4-27(21,22)9-6-5-7-15-12(9)28(23,24)19-14(20)18-13-16-10(25-2)8-11(17-13)26-3/h5-8H,1-4H3,(H2,17,18,19,20,23);5-8H,4H2,1-3H3,(H2,16,17,18,19,20). The number of aromatic nitrogens is 6. The van der Waals surface area contributed by atoms with Gasteiger partial charge in [0.05, 0.1) is 51.9 Å². The SMILES string of the molecule is CCS(=O)(=O)c1cccnc1S(=O)(=O)NC(=O)Nc1nc(OC)cc(OC)n1.COc1cc(OC)nc(NC(=O)NS(=O)(=O)c2ncccc2C(=O)N(C)C)n1. The van der Waals surface area contributed by atoms with E-state index in [0.717, 1.165) is 12.3 Å². The quantitative estimate of drug-likeness (QED) is 0.141. The monoisotopic (exact) mass is 841 g/mol. The number of nitrogens with one attached hydrogen (secondary N) is 4. The van der Waals surface area contributed by atoms with E-state index in [1.807, 2.05) is 0 Å². The second-order valence-electron chi connectivity index (χ2n) is 10.4. The molecule has 24 nitrogen and oxygen atoms in total. The van der Waals surface area contributed by atoms with E-state index < -0.39 is 62.8 Å². The lowest BCUT2D eigenvalue weighted by Gasteiger charge is -2.14.